The SMILES string of the molecule is Cc1ccc(C(=O)[C@@H](C)OC(=O)c2ccc3c(c2)C(=O)N(c2ccc(C)cc2C)C3=O)cc1. The zero-order valence-electron chi connectivity index (χ0n) is 18.8. The molecule has 0 aliphatic carbocycles. The van der Waals surface area contributed by atoms with E-state index in [1.165, 1.54) is 25.1 Å². The minimum atomic E-state index is -1.00. The highest BCUT2D eigenvalue weighted by Gasteiger charge is 2.38. The molecule has 1 heterocycles. The normalized spacial score (nSPS) is 13.6. The van der Waals surface area contributed by atoms with Crippen molar-refractivity contribution >= 4 is 29.3 Å². The molecule has 166 valence electrons. The molecule has 0 saturated carbocycles. The van der Waals surface area contributed by atoms with Gasteiger partial charge in [-0.1, -0.05) is 47.5 Å². The first-order chi connectivity index (χ1) is 15.7. The fraction of sp³-hybridized carbons (Fsp3) is 0.185. The number of hydrogen-bond donors (Lipinski definition) is 0. The summed E-state index contributed by atoms with van der Waals surface area (Å²) in [7, 11) is 0. The van der Waals surface area contributed by atoms with Crippen LogP contribution >= 0.6 is 0 Å². The molecule has 0 saturated heterocycles. The predicted octanol–water partition coefficient (Wildman–Crippen LogP) is 4.84. The van der Waals surface area contributed by atoms with Crippen LogP contribution in [0.4, 0.5) is 5.69 Å². The van der Waals surface area contributed by atoms with Gasteiger partial charge in [0.25, 0.3) is 11.8 Å². The first-order valence-electron chi connectivity index (χ1n) is 10.6. The van der Waals surface area contributed by atoms with Crippen molar-refractivity contribution in [3.63, 3.8) is 0 Å². The molecule has 4 rings (SSSR count). The molecule has 6 nitrogen and oxygen atoms in total. The third kappa shape index (κ3) is 4.07. The molecule has 0 aromatic heterocycles. The molecule has 1 aliphatic rings. The molecule has 0 bridgehead atoms. The number of fused-ring (bicyclic) bond motifs is 1. The van der Waals surface area contributed by atoms with Gasteiger partial charge in [0, 0.05) is 5.56 Å². The van der Waals surface area contributed by atoms with Crippen molar-refractivity contribution in [2.45, 2.75) is 33.8 Å². The van der Waals surface area contributed by atoms with E-state index in [4.69, 9.17) is 4.74 Å². The van der Waals surface area contributed by atoms with Gasteiger partial charge >= 0.3 is 5.97 Å². The largest absolute Gasteiger partial charge is 0.451 e. The smallest absolute Gasteiger partial charge is 0.338 e. The second-order valence-electron chi connectivity index (χ2n) is 8.27. The number of Topliss-reactive ketones (excluding diaryl/α,β-unsaturated/α-hetero) is 1. The minimum Gasteiger partial charge on any atom is -0.451 e. The molecule has 2 amide bonds. The average molecular weight is 441 g/mol. The lowest BCUT2D eigenvalue weighted by Crippen LogP contribution is -2.30. The Morgan fingerprint density at radius 2 is 1.36 bits per heavy atom. The zero-order valence-corrected chi connectivity index (χ0v) is 18.8. The molecule has 33 heavy (non-hydrogen) atoms. The lowest BCUT2D eigenvalue weighted by Gasteiger charge is -2.16. The number of imide groups is 1. The van der Waals surface area contributed by atoms with E-state index in [1.54, 1.807) is 18.2 Å². The van der Waals surface area contributed by atoms with E-state index in [0.29, 0.717) is 11.3 Å². The third-order valence-corrected chi connectivity index (χ3v) is 5.70. The molecule has 3 aromatic carbocycles. The highest BCUT2D eigenvalue weighted by Crippen LogP contribution is 2.31. The molecule has 6 heteroatoms. The number of hydrogen-bond acceptors (Lipinski definition) is 5. The number of benzene rings is 3. The lowest BCUT2D eigenvalue weighted by molar-refractivity contribution is 0.0318. The van der Waals surface area contributed by atoms with Gasteiger partial charge in [-0.05, 0) is 57.5 Å². The number of nitrogens with zero attached hydrogens (tertiary/aromatic N) is 1. The third-order valence-electron chi connectivity index (χ3n) is 5.70. The number of aryl methyl sites for hydroxylation is 3. The number of carbonyl (C=O) groups excluding carboxylic acids is 4. The highest BCUT2D eigenvalue weighted by molar-refractivity contribution is 6.35. The van der Waals surface area contributed by atoms with Crippen LogP contribution in [0.3, 0.4) is 0 Å². The van der Waals surface area contributed by atoms with E-state index in [2.05, 4.69) is 0 Å². The van der Waals surface area contributed by atoms with E-state index in [1.807, 2.05) is 45.0 Å². The van der Waals surface area contributed by atoms with Crippen molar-refractivity contribution in [3.05, 3.63) is 99.6 Å². The van der Waals surface area contributed by atoms with Gasteiger partial charge in [0.1, 0.15) is 0 Å². The summed E-state index contributed by atoms with van der Waals surface area (Å²) < 4.78 is 5.35. The first kappa shape index (κ1) is 22.1. The molecule has 3 aromatic rings. The van der Waals surface area contributed by atoms with E-state index in [-0.39, 0.29) is 22.5 Å². The van der Waals surface area contributed by atoms with Gasteiger partial charge in [0.2, 0.25) is 5.78 Å². The van der Waals surface area contributed by atoms with Crippen LogP contribution in [-0.2, 0) is 4.74 Å². The van der Waals surface area contributed by atoms with E-state index >= 15 is 0 Å². The number of esters is 1. The summed E-state index contributed by atoms with van der Waals surface area (Å²) in [6.07, 6.45) is -1.00. The summed E-state index contributed by atoms with van der Waals surface area (Å²) in [4.78, 5) is 52.4. The van der Waals surface area contributed by atoms with Crippen LogP contribution in [0.15, 0.2) is 60.7 Å². The minimum absolute atomic E-state index is 0.0981. The Kier molecular flexibility index (Phi) is 5.68. The molecule has 1 atom stereocenters. The summed E-state index contributed by atoms with van der Waals surface area (Å²) in [5.41, 5.74) is 4.24. The number of carbonyl (C=O) groups is 4. The van der Waals surface area contributed by atoms with Gasteiger partial charge in [-0.25, -0.2) is 9.69 Å². The van der Waals surface area contributed by atoms with Gasteiger partial charge < -0.3 is 4.74 Å². The molecule has 0 N–H and O–H groups in total. The molecule has 0 spiro atoms. The van der Waals surface area contributed by atoms with E-state index in [9.17, 15) is 19.2 Å². The van der Waals surface area contributed by atoms with E-state index in [0.717, 1.165) is 21.6 Å². The first-order valence-corrected chi connectivity index (χ1v) is 10.6. The number of ether oxygens (including phenoxy) is 1. The maximum Gasteiger partial charge on any atom is 0.338 e. The summed E-state index contributed by atoms with van der Waals surface area (Å²) in [5, 5.41) is 0. The van der Waals surface area contributed by atoms with Gasteiger partial charge in [-0.15, -0.1) is 0 Å². The van der Waals surface area contributed by atoms with Crippen LogP contribution in [-0.4, -0.2) is 29.7 Å². The quantitative estimate of drug-likeness (QED) is 0.322. The lowest BCUT2D eigenvalue weighted by atomic mass is 10.0. The standard InChI is InChI=1S/C27H23NO5/c1-15-5-8-19(9-6-15)24(29)18(4)33-27(32)20-10-11-21-22(14-20)26(31)28(25(21)30)23-12-7-16(2)13-17(23)3/h5-14,18H,1-4H3/t18-/m1/s1. The van der Waals surface area contributed by atoms with Crippen molar-refractivity contribution in [2.24, 2.45) is 0 Å². The van der Waals surface area contributed by atoms with Crippen molar-refractivity contribution in [1.82, 2.24) is 0 Å². The average Bonchev–Trinajstić information content (AvgIpc) is 3.03. The number of ketones is 1. The van der Waals surface area contributed by atoms with Gasteiger partial charge in [0.15, 0.2) is 6.10 Å². The summed E-state index contributed by atoms with van der Waals surface area (Å²) in [5.74, 6) is -2.00. The number of amides is 2. The van der Waals surface area contributed by atoms with Crippen LogP contribution in [0.2, 0.25) is 0 Å². The Hall–Kier alpha value is -4.06. The fourth-order valence-electron chi connectivity index (χ4n) is 3.88. The maximum absolute atomic E-state index is 13.1. The van der Waals surface area contributed by atoms with Crippen LogP contribution in [0.25, 0.3) is 0 Å². The number of anilines is 1. The summed E-state index contributed by atoms with van der Waals surface area (Å²) >= 11 is 0. The Morgan fingerprint density at radius 1 is 0.758 bits per heavy atom. The molecular weight excluding hydrogens is 418 g/mol. The summed E-state index contributed by atoms with van der Waals surface area (Å²) in [6, 6.07) is 16.7. The fourth-order valence-corrected chi connectivity index (χ4v) is 3.88. The predicted molar refractivity (Wildman–Crippen MR) is 124 cm³/mol. The van der Waals surface area contributed by atoms with Crippen LogP contribution in [0, 0.1) is 20.8 Å². The topological polar surface area (TPSA) is 80.8 Å². The van der Waals surface area contributed by atoms with Crippen molar-refractivity contribution in [2.75, 3.05) is 4.90 Å². The second-order valence-corrected chi connectivity index (χ2v) is 8.27. The molecule has 0 radical (unpaired) electrons. The monoisotopic (exact) mass is 441 g/mol. The highest BCUT2D eigenvalue weighted by atomic mass is 16.5. The van der Waals surface area contributed by atoms with Gasteiger partial charge in [-0.3, -0.25) is 14.4 Å². The van der Waals surface area contributed by atoms with Crippen molar-refractivity contribution in [3.8, 4) is 0 Å². The van der Waals surface area contributed by atoms with Gasteiger partial charge in [-0.2, -0.15) is 0 Å². The Morgan fingerprint density at radius 3 is 2.03 bits per heavy atom. The Bertz CT molecular complexity index is 1310. The van der Waals surface area contributed by atoms with Crippen molar-refractivity contribution < 1.29 is 23.9 Å². The van der Waals surface area contributed by atoms with Crippen LogP contribution in [0.1, 0.15) is 65.0 Å². The number of rotatable bonds is 5. The molecule has 0 unspecified atom stereocenters. The second kappa shape index (κ2) is 8.47. The Balaban J connectivity index is 1.55. The summed E-state index contributed by atoms with van der Waals surface area (Å²) in [6.45, 7) is 7.19. The molecular formula is C27H23NO5. The van der Waals surface area contributed by atoms with Crippen molar-refractivity contribution in [1.29, 1.82) is 0 Å². The molecule has 0 fully saturated rings. The van der Waals surface area contributed by atoms with Crippen LogP contribution in [0.5, 0.6) is 0 Å². The van der Waals surface area contributed by atoms with Gasteiger partial charge in [0.05, 0.1) is 22.4 Å². The Labute approximate surface area is 191 Å². The zero-order chi connectivity index (χ0) is 23.9. The maximum atomic E-state index is 13.1. The molecule has 1 aliphatic heterocycles. The van der Waals surface area contributed by atoms with Crippen LogP contribution < -0.4 is 4.90 Å². The van der Waals surface area contributed by atoms with E-state index < -0.39 is 23.9 Å².